The van der Waals surface area contributed by atoms with Gasteiger partial charge < -0.3 is 9.52 Å². The fraction of sp³-hybridized carbons (Fsp3) is 0.211. The van der Waals surface area contributed by atoms with Gasteiger partial charge in [-0.1, -0.05) is 29.8 Å². The topological polar surface area (TPSA) is 83.6 Å². The van der Waals surface area contributed by atoms with Crippen LogP contribution in [0.2, 0.25) is 5.02 Å². The summed E-state index contributed by atoms with van der Waals surface area (Å²) >= 11 is 7.50. The molecule has 0 radical (unpaired) electrons. The van der Waals surface area contributed by atoms with E-state index in [1.54, 1.807) is 25.2 Å². The fourth-order valence-corrected chi connectivity index (χ4v) is 3.74. The maximum absolute atomic E-state index is 12.9. The highest BCUT2D eigenvalue weighted by molar-refractivity contribution is 7.14. The Morgan fingerprint density at radius 1 is 1.30 bits per heavy atom. The molecule has 2 aromatic heterocycles. The number of thiazole rings is 1. The van der Waals surface area contributed by atoms with E-state index in [1.165, 1.54) is 22.5 Å². The van der Waals surface area contributed by atoms with E-state index in [4.69, 9.17) is 21.1 Å². The van der Waals surface area contributed by atoms with Crippen molar-refractivity contribution >= 4 is 39.9 Å². The van der Waals surface area contributed by atoms with Crippen molar-refractivity contribution in [3.63, 3.8) is 0 Å². The van der Waals surface area contributed by atoms with Gasteiger partial charge in [-0.15, -0.1) is 11.3 Å². The summed E-state index contributed by atoms with van der Waals surface area (Å²) in [6.07, 6.45) is 1.43. The lowest BCUT2D eigenvalue weighted by Gasteiger charge is -2.20. The van der Waals surface area contributed by atoms with Crippen molar-refractivity contribution in [1.82, 2.24) is 4.98 Å². The van der Waals surface area contributed by atoms with E-state index in [2.05, 4.69) is 4.98 Å². The maximum Gasteiger partial charge on any atom is 0.304 e. The van der Waals surface area contributed by atoms with Crippen molar-refractivity contribution in [2.45, 2.75) is 12.8 Å². The third-order valence-corrected chi connectivity index (χ3v) is 5.30. The summed E-state index contributed by atoms with van der Waals surface area (Å²) in [7, 11) is 1.59. The molecule has 0 fully saturated rings. The molecule has 140 valence electrons. The van der Waals surface area contributed by atoms with Gasteiger partial charge in [-0.25, -0.2) is 4.98 Å². The van der Waals surface area contributed by atoms with Crippen molar-refractivity contribution in [1.29, 1.82) is 0 Å². The fourth-order valence-electron chi connectivity index (χ4n) is 2.71. The number of nitrogens with zero attached hydrogens (tertiary/aromatic N) is 2. The number of carboxylic acids is 1. The first-order valence-electron chi connectivity index (χ1n) is 8.18. The summed E-state index contributed by atoms with van der Waals surface area (Å²) in [5.41, 5.74) is 1.45. The molecular weight excluding hydrogens is 388 g/mol. The summed E-state index contributed by atoms with van der Waals surface area (Å²) in [4.78, 5) is 30.0. The minimum absolute atomic E-state index is 0.214. The highest BCUT2D eigenvalue weighted by Crippen LogP contribution is 2.32. The second kappa shape index (κ2) is 8.37. The Kier molecular flexibility index (Phi) is 5.93. The van der Waals surface area contributed by atoms with Gasteiger partial charge in [0, 0.05) is 29.4 Å². The van der Waals surface area contributed by atoms with E-state index in [1.807, 2.05) is 23.6 Å². The molecule has 1 amide bonds. The largest absolute Gasteiger partial charge is 0.481 e. The lowest BCUT2D eigenvalue weighted by atomic mass is 9.98. The molecule has 6 nitrogen and oxygen atoms in total. The van der Waals surface area contributed by atoms with Crippen LogP contribution >= 0.6 is 22.9 Å². The maximum atomic E-state index is 12.9. The number of rotatable bonds is 7. The van der Waals surface area contributed by atoms with Crippen LogP contribution in [0.5, 0.6) is 0 Å². The van der Waals surface area contributed by atoms with Crippen LogP contribution in [0.3, 0.4) is 0 Å². The molecule has 0 aliphatic carbocycles. The van der Waals surface area contributed by atoms with E-state index in [-0.39, 0.29) is 18.7 Å². The number of carbonyl (C=O) groups is 2. The number of carbonyl (C=O) groups excluding carboxylic acids is 1. The molecule has 1 N–H and O–H groups in total. The molecule has 0 saturated carbocycles. The van der Waals surface area contributed by atoms with Crippen LogP contribution in [-0.2, 0) is 16.0 Å². The first kappa shape index (κ1) is 19.1. The monoisotopic (exact) mass is 404 g/mol. The zero-order chi connectivity index (χ0) is 19.4. The highest BCUT2D eigenvalue weighted by atomic mass is 35.5. The van der Waals surface area contributed by atoms with Crippen molar-refractivity contribution in [2.24, 2.45) is 5.92 Å². The molecule has 0 bridgehead atoms. The number of anilines is 1. The normalized spacial score (nSPS) is 11.9. The molecule has 8 heteroatoms. The molecule has 3 aromatic rings. The first-order valence-corrected chi connectivity index (χ1v) is 9.43. The average Bonchev–Trinajstić information content (AvgIpc) is 3.32. The number of benzene rings is 1. The van der Waals surface area contributed by atoms with Crippen molar-refractivity contribution in [2.75, 3.05) is 11.9 Å². The number of aromatic nitrogens is 1. The number of carboxylic acid groups (broad SMARTS) is 1. The van der Waals surface area contributed by atoms with E-state index < -0.39 is 11.9 Å². The van der Waals surface area contributed by atoms with E-state index in [0.29, 0.717) is 21.6 Å². The Bertz CT molecular complexity index is 939. The van der Waals surface area contributed by atoms with Gasteiger partial charge in [-0.3, -0.25) is 14.5 Å². The molecule has 3 rings (SSSR count). The molecule has 0 unspecified atom stereocenters. The van der Waals surface area contributed by atoms with Gasteiger partial charge >= 0.3 is 5.97 Å². The zero-order valence-electron chi connectivity index (χ0n) is 14.5. The highest BCUT2D eigenvalue weighted by Gasteiger charge is 2.28. The van der Waals surface area contributed by atoms with Crippen molar-refractivity contribution < 1.29 is 19.1 Å². The zero-order valence-corrected chi connectivity index (χ0v) is 16.0. The van der Waals surface area contributed by atoms with E-state index in [0.717, 1.165) is 5.56 Å². The molecular formula is C19H17ClN2O4S. The first-order chi connectivity index (χ1) is 13.0. The van der Waals surface area contributed by atoms with Crippen LogP contribution in [0.25, 0.3) is 11.3 Å². The van der Waals surface area contributed by atoms with Crippen LogP contribution < -0.4 is 4.90 Å². The molecule has 27 heavy (non-hydrogen) atoms. The lowest BCUT2D eigenvalue weighted by Crippen LogP contribution is -2.35. The summed E-state index contributed by atoms with van der Waals surface area (Å²) in [5.74, 6) is -1.54. The molecule has 0 aliphatic heterocycles. The van der Waals surface area contributed by atoms with Gasteiger partial charge in [0.05, 0.1) is 24.3 Å². The van der Waals surface area contributed by atoms with Gasteiger partial charge in [-0.2, -0.15) is 0 Å². The molecule has 0 saturated heterocycles. The van der Waals surface area contributed by atoms with Crippen LogP contribution in [0.1, 0.15) is 12.2 Å². The number of furan rings is 1. The summed E-state index contributed by atoms with van der Waals surface area (Å²) in [6, 6.07) is 10.8. The standard InChI is InChI=1S/C19H17ClN2O4S/c1-22(18(25)12(10-17(23)24)9-13-5-4-8-26-13)19-21-16(11-27-19)14-6-2-3-7-15(14)20/h2-8,11-12H,9-10H2,1H3,(H,23,24)/t12-/m1/s1. The molecule has 0 spiro atoms. The van der Waals surface area contributed by atoms with Gasteiger partial charge in [0.2, 0.25) is 5.91 Å². The van der Waals surface area contributed by atoms with Crippen LogP contribution in [-0.4, -0.2) is 29.0 Å². The minimum Gasteiger partial charge on any atom is -0.481 e. The number of hydrogen-bond acceptors (Lipinski definition) is 5. The van der Waals surface area contributed by atoms with E-state index >= 15 is 0 Å². The van der Waals surface area contributed by atoms with Crippen molar-refractivity contribution in [3.05, 3.63) is 58.8 Å². The Labute approximate surface area is 165 Å². The van der Waals surface area contributed by atoms with Gasteiger partial charge in [0.25, 0.3) is 0 Å². The van der Waals surface area contributed by atoms with Crippen LogP contribution in [0, 0.1) is 5.92 Å². The Hall–Kier alpha value is -2.64. The van der Waals surface area contributed by atoms with Crippen molar-refractivity contribution in [3.8, 4) is 11.3 Å². The minimum atomic E-state index is -1.04. The number of halogens is 1. The smallest absolute Gasteiger partial charge is 0.304 e. The van der Waals surface area contributed by atoms with Gasteiger partial charge in [-0.05, 0) is 18.2 Å². The number of aliphatic carboxylic acids is 1. The predicted molar refractivity (Wildman–Crippen MR) is 104 cm³/mol. The average molecular weight is 405 g/mol. The Morgan fingerprint density at radius 2 is 2.07 bits per heavy atom. The van der Waals surface area contributed by atoms with Gasteiger partial charge in [0.15, 0.2) is 5.13 Å². The summed E-state index contributed by atoms with van der Waals surface area (Å²) in [6.45, 7) is 0. The third kappa shape index (κ3) is 4.56. The summed E-state index contributed by atoms with van der Waals surface area (Å²) < 4.78 is 5.26. The summed E-state index contributed by atoms with van der Waals surface area (Å²) in [5, 5.41) is 12.0. The quantitative estimate of drug-likeness (QED) is 0.632. The predicted octanol–water partition coefficient (Wildman–Crippen LogP) is 4.35. The Morgan fingerprint density at radius 3 is 2.74 bits per heavy atom. The second-order valence-electron chi connectivity index (χ2n) is 5.97. The molecule has 1 aromatic carbocycles. The third-order valence-electron chi connectivity index (χ3n) is 4.06. The SMILES string of the molecule is CN(C(=O)[C@@H](CC(=O)O)Cc1ccco1)c1nc(-c2ccccc2Cl)cs1. The molecule has 0 aliphatic rings. The second-order valence-corrected chi connectivity index (χ2v) is 7.21. The van der Waals surface area contributed by atoms with Gasteiger partial charge in [0.1, 0.15) is 5.76 Å². The van der Waals surface area contributed by atoms with Crippen LogP contribution in [0.15, 0.2) is 52.5 Å². The number of hydrogen-bond donors (Lipinski definition) is 1. The molecule has 1 atom stereocenters. The lowest BCUT2D eigenvalue weighted by molar-refractivity contribution is -0.140. The Balaban J connectivity index is 1.80. The van der Waals surface area contributed by atoms with Crippen LogP contribution in [0.4, 0.5) is 5.13 Å². The molecule has 2 heterocycles. The number of amides is 1. The van der Waals surface area contributed by atoms with E-state index in [9.17, 15) is 9.59 Å².